The van der Waals surface area contributed by atoms with E-state index in [0.29, 0.717) is 37.6 Å². The number of hydrogen-bond acceptors (Lipinski definition) is 6. The normalized spacial score (nSPS) is 14.7. The first kappa shape index (κ1) is 25.8. The summed E-state index contributed by atoms with van der Waals surface area (Å²) < 4.78 is 49.6. The second kappa shape index (κ2) is 12.1. The minimum Gasteiger partial charge on any atom is -0.491 e. The van der Waals surface area contributed by atoms with Crippen molar-refractivity contribution in [2.24, 2.45) is 0 Å². The van der Waals surface area contributed by atoms with Crippen molar-refractivity contribution in [2.75, 3.05) is 38.7 Å². The Morgan fingerprint density at radius 2 is 1.78 bits per heavy atom. The van der Waals surface area contributed by atoms with Crippen LogP contribution in [0.2, 0.25) is 0 Å². The molecule has 1 aliphatic heterocycles. The third kappa shape index (κ3) is 7.13. The highest BCUT2D eigenvalue weighted by molar-refractivity contribution is 7.91. The second-order valence-corrected chi connectivity index (χ2v) is 10.6. The van der Waals surface area contributed by atoms with Crippen molar-refractivity contribution < 1.29 is 27.1 Å². The maximum atomic E-state index is 13.1. The summed E-state index contributed by atoms with van der Waals surface area (Å²) >= 11 is 0. The molecule has 0 unspecified atom stereocenters. The molecule has 0 atom stereocenters. The Balaban J connectivity index is 1.46. The summed E-state index contributed by atoms with van der Waals surface area (Å²) in [5.74, 6) is -0.508. The number of rotatable bonds is 5. The number of carbonyl (C=O) groups excluding carboxylic acids is 1. The third-order valence-corrected chi connectivity index (χ3v) is 7.51. The summed E-state index contributed by atoms with van der Waals surface area (Å²) in [4.78, 5) is 12.8. The molecule has 2 bridgehead atoms. The van der Waals surface area contributed by atoms with Gasteiger partial charge in [-0.05, 0) is 59.2 Å². The summed E-state index contributed by atoms with van der Waals surface area (Å²) in [6.45, 7) is 2.86. The van der Waals surface area contributed by atoms with Gasteiger partial charge in [-0.15, -0.1) is 0 Å². The van der Waals surface area contributed by atoms with Gasteiger partial charge in [0.15, 0.2) is 9.84 Å². The molecule has 7 nitrogen and oxygen atoms in total. The highest BCUT2D eigenvalue weighted by Gasteiger charge is 2.16. The summed E-state index contributed by atoms with van der Waals surface area (Å²) in [6, 6.07) is 18.1. The van der Waals surface area contributed by atoms with Crippen LogP contribution in [0.5, 0.6) is 5.75 Å². The van der Waals surface area contributed by atoms with Gasteiger partial charge in [-0.2, -0.15) is 0 Å². The highest BCUT2D eigenvalue weighted by atomic mass is 32.2. The van der Waals surface area contributed by atoms with E-state index in [1.165, 1.54) is 12.1 Å². The Hall–Kier alpha value is -3.27. The van der Waals surface area contributed by atoms with Gasteiger partial charge in [0, 0.05) is 31.6 Å². The zero-order chi connectivity index (χ0) is 25.4. The maximum absolute atomic E-state index is 13.1. The molecule has 3 aromatic carbocycles. The molecule has 4 rings (SSSR count). The lowest BCUT2D eigenvalue weighted by Gasteiger charge is -2.15. The summed E-state index contributed by atoms with van der Waals surface area (Å²) in [6.07, 6.45) is 0.574. The van der Waals surface area contributed by atoms with Crippen LogP contribution in [-0.4, -0.2) is 53.0 Å². The second-order valence-electron chi connectivity index (χ2n) is 8.49. The van der Waals surface area contributed by atoms with Crippen LogP contribution in [0, 0.1) is 5.82 Å². The van der Waals surface area contributed by atoms with E-state index in [0.717, 1.165) is 41.9 Å². The Morgan fingerprint density at radius 3 is 2.61 bits per heavy atom. The lowest BCUT2D eigenvalue weighted by atomic mass is 10.00. The number of carbonyl (C=O) groups is 1. The van der Waals surface area contributed by atoms with Gasteiger partial charge >= 0.3 is 0 Å². The standard InChI is InChI=1S/C27H29FN2O5S/c28-24-5-7-25(8-6-24)36(32,33)15-11-30-27(31)22-4-9-26-23(18-22)17-20-2-1-3-21(16-20)19-29-10-12-34-13-14-35-26/h1-9,16,18,29H,10-15,17,19H2,(H,30,31). The van der Waals surface area contributed by atoms with E-state index in [2.05, 4.69) is 22.8 Å². The van der Waals surface area contributed by atoms with E-state index < -0.39 is 15.7 Å². The summed E-state index contributed by atoms with van der Waals surface area (Å²) in [5, 5.41) is 6.03. The molecule has 0 spiro atoms. The highest BCUT2D eigenvalue weighted by Crippen LogP contribution is 2.24. The minimum atomic E-state index is -3.65. The van der Waals surface area contributed by atoms with Crippen molar-refractivity contribution in [3.63, 3.8) is 0 Å². The van der Waals surface area contributed by atoms with Crippen molar-refractivity contribution in [2.45, 2.75) is 17.9 Å². The predicted octanol–water partition coefficient (Wildman–Crippen LogP) is 3.12. The van der Waals surface area contributed by atoms with Crippen molar-refractivity contribution >= 4 is 15.7 Å². The molecule has 0 aliphatic carbocycles. The Morgan fingerprint density at radius 1 is 0.972 bits per heavy atom. The molecule has 190 valence electrons. The smallest absolute Gasteiger partial charge is 0.251 e. The number of sulfone groups is 1. The van der Waals surface area contributed by atoms with Crippen LogP contribution in [0.3, 0.4) is 0 Å². The average Bonchev–Trinajstić information content (AvgIpc) is 2.86. The number of ether oxygens (including phenoxy) is 2. The van der Waals surface area contributed by atoms with Gasteiger partial charge in [0.25, 0.3) is 5.91 Å². The molecule has 1 amide bonds. The van der Waals surface area contributed by atoms with Crippen molar-refractivity contribution in [3.05, 3.63) is 94.8 Å². The Kier molecular flexibility index (Phi) is 8.69. The zero-order valence-electron chi connectivity index (χ0n) is 19.8. The van der Waals surface area contributed by atoms with Gasteiger partial charge < -0.3 is 20.1 Å². The topological polar surface area (TPSA) is 93.7 Å². The van der Waals surface area contributed by atoms with Crippen molar-refractivity contribution in [1.29, 1.82) is 0 Å². The van der Waals surface area contributed by atoms with E-state index in [-0.39, 0.29) is 23.1 Å². The minimum absolute atomic E-state index is 0.0167. The molecule has 2 N–H and O–H groups in total. The van der Waals surface area contributed by atoms with E-state index in [4.69, 9.17) is 9.47 Å². The average molecular weight is 513 g/mol. The SMILES string of the molecule is O=C(NCCS(=O)(=O)c1ccc(F)cc1)c1ccc2c(c1)Cc1cccc(c1)CNCCOCCO2. The largest absolute Gasteiger partial charge is 0.491 e. The third-order valence-electron chi connectivity index (χ3n) is 5.78. The molecule has 36 heavy (non-hydrogen) atoms. The Labute approximate surface area is 210 Å². The van der Waals surface area contributed by atoms with E-state index in [1.807, 2.05) is 12.1 Å². The van der Waals surface area contributed by atoms with Crippen LogP contribution < -0.4 is 15.4 Å². The van der Waals surface area contributed by atoms with Gasteiger partial charge in [0.05, 0.1) is 23.9 Å². The molecule has 3 aromatic rings. The Bertz CT molecular complexity index is 1300. The fraction of sp³-hybridized carbons (Fsp3) is 0.296. The van der Waals surface area contributed by atoms with Gasteiger partial charge in [-0.3, -0.25) is 4.79 Å². The molecular formula is C27H29FN2O5S. The number of benzene rings is 3. The molecule has 9 heteroatoms. The number of halogens is 1. The van der Waals surface area contributed by atoms with Crippen LogP contribution in [0.15, 0.2) is 71.6 Å². The molecule has 0 saturated heterocycles. The first-order chi connectivity index (χ1) is 17.4. The van der Waals surface area contributed by atoms with Crippen LogP contribution in [0.25, 0.3) is 0 Å². The number of hydrogen-bond donors (Lipinski definition) is 2. The summed E-state index contributed by atoms with van der Waals surface area (Å²) in [5.41, 5.74) is 3.51. The number of nitrogens with one attached hydrogen (secondary N) is 2. The molecule has 0 radical (unpaired) electrons. The van der Waals surface area contributed by atoms with E-state index in [9.17, 15) is 17.6 Å². The predicted molar refractivity (Wildman–Crippen MR) is 134 cm³/mol. The van der Waals surface area contributed by atoms with E-state index in [1.54, 1.807) is 18.2 Å². The fourth-order valence-electron chi connectivity index (χ4n) is 3.92. The first-order valence-corrected chi connectivity index (χ1v) is 13.4. The van der Waals surface area contributed by atoms with Gasteiger partial charge in [0.2, 0.25) is 0 Å². The number of fused-ring (bicyclic) bond motifs is 3. The van der Waals surface area contributed by atoms with Gasteiger partial charge in [-0.1, -0.05) is 24.3 Å². The van der Waals surface area contributed by atoms with Crippen LogP contribution >= 0.6 is 0 Å². The molecule has 0 fully saturated rings. The van der Waals surface area contributed by atoms with Crippen LogP contribution in [0.4, 0.5) is 4.39 Å². The van der Waals surface area contributed by atoms with Crippen molar-refractivity contribution in [1.82, 2.24) is 10.6 Å². The lowest BCUT2D eigenvalue weighted by molar-refractivity contribution is 0.0955. The molecule has 1 heterocycles. The lowest BCUT2D eigenvalue weighted by Crippen LogP contribution is -2.29. The summed E-state index contributed by atoms with van der Waals surface area (Å²) in [7, 11) is -3.65. The maximum Gasteiger partial charge on any atom is 0.251 e. The van der Waals surface area contributed by atoms with Crippen LogP contribution in [0.1, 0.15) is 27.0 Å². The number of amides is 1. The van der Waals surface area contributed by atoms with Crippen LogP contribution in [-0.2, 0) is 27.5 Å². The fourth-order valence-corrected chi connectivity index (χ4v) is 5.08. The molecule has 0 aromatic heterocycles. The quantitative estimate of drug-likeness (QED) is 0.511. The van der Waals surface area contributed by atoms with Gasteiger partial charge in [0.1, 0.15) is 18.2 Å². The van der Waals surface area contributed by atoms with E-state index >= 15 is 0 Å². The molecule has 0 saturated carbocycles. The first-order valence-electron chi connectivity index (χ1n) is 11.8. The van der Waals surface area contributed by atoms with Crippen molar-refractivity contribution in [3.8, 4) is 5.75 Å². The monoisotopic (exact) mass is 512 g/mol. The zero-order valence-corrected chi connectivity index (χ0v) is 20.7. The molecular weight excluding hydrogens is 483 g/mol. The molecule has 1 aliphatic rings. The van der Waals surface area contributed by atoms with Gasteiger partial charge in [-0.25, -0.2) is 12.8 Å².